The fourth-order valence-corrected chi connectivity index (χ4v) is 4.29. The molecule has 0 bridgehead atoms. The van der Waals surface area contributed by atoms with Crippen LogP contribution in [-0.4, -0.2) is 16.5 Å². The van der Waals surface area contributed by atoms with Crippen molar-refractivity contribution in [3.05, 3.63) is 48.3 Å². The summed E-state index contributed by atoms with van der Waals surface area (Å²) >= 11 is 0. The van der Waals surface area contributed by atoms with E-state index in [1.54, 1.807) is 0 Å². The average Bonchev–Trinajstić information content (AvgIpc) is 3.31. The Morgan fingerprint density at radius 3 is 1.81 bits per heavy atom. The first kappa shape index (κ1) is 25.5. The van der Waals surface area contributed by atoms with Crippen LogP contribution in [0.15, 0.2) is 42.7 Å². The summed E-state index contributed by atoms with van der Waals surface area (Å²) in [5.74, 6) is 1.87. The monoisotopic (exact) mass is 425 g/mol. The lowest BCUT2D eigenvalue weighted by Crippen LogP contribution is -2.25. The van der Waals surface area contributed by atoms with Gasteiger partial charge in [0.2, 0.25) is 5.95 Å². The maximum Gasteiger partial charge on any atom is 0.203 e. The lowest BCUT2D eigenvalue weighted by atomic mass is 10.0. The van der Waals surface area contributed by atoms with Gasteiger partial charge in [-0.25, -0.2) is 4.98 Å². The van der Waals surface area contributed by atoms with Gasteiger partial charge in [-0.2, -0.15) is 0 Å². The largest absolute Gasteiger partial charge is 0.338 e. The molecule has 0 saturated carbocycles. The van der Waals surface area contributed by atoms with Gasteiger partial charge >= 0.3 is 0 Å². The molecule has 0 aliphatic heterocycles. The van der Waals surface area contributed by atoms with E-state index < -0.39 is 0 Å². The lowest BCUT2D eigenvalue weighted by molar-refractivity contribution is 0.502. The molecule has 1 aromatic carbocycles. The first-order chi connectivity index (χ1) is 15.3. The lowest BCUT2D eigenvalue weighted by Gasteiger charge is -2.22. The molecule has 31 heavy (non-hydrogen) atoms. The molecule has 0 fully saturated rings. The normalized spacial score (nSPS) is 11.3. The SMILES string of the molecule is CC(C)CCCCCCCCCCCCCCCN(Cc1ccccc1)c1ncc[nH]1. The molecule has 2 rings (SSSR count). The highest BCUT2D eigenvalue weighted by molar-refractivity contribution is 5.31. The number of nitrogens with one attached hydrogen (secondary N) is 1. The van der Waals surface area contributed by atoms with E-state index in [9.17, 15) is 0 Å². The highest BCUT2D eigenvalue weighted by atomic mass is 15.2. The Kier molecular flexibility index (Phi) is 13.9. The summed E-state index contributed by atoms with van der Waals surface area (Å²) in [6.45, 7) is 6.66. The van der Waals surface area contributed by atoms with Crippen LogP contribution in [0.25, 0.3) is 0 Å². The standard InChI is InChI=1S/C28H47N3/c1-26(2)19-15-12-10-8-6-4-3-5-7-9-11-13-18-24-31(28-29-22-23-30-28)25-27-20-16-14-17-21-27/h14,16-17,20-23,26H,3-13,15,18-19,24-25H2,1-2H3,(H,29,30). The Morgan fingerprint density at radius 1 is 0.742 bits per heavy atom. The van der Waals surface area contributed by atoms with Crippen LogP contribution in [0.3, 0.4) is 0 Å². The molecule has 2 aromatic rings. The number of H-pyrrole nitrogens is 1. The Balaban J connectivity index is 1.43. The molecular weight excluding hydrogens is 378 g/mol. The summed E-state index contributed by atoms with van der Waals surface area (Å²) in [6.07, 6.45) is 23.5. The van der Waals surface area contributed by atoms with Crippen LogP contribution in [-0.2, 0) is 6.54 Å². The predicted octanol–water partition coefficient (Wildman–Crippen LogP) is 8.53. The number of benzene rings is 1. The molecule has 1 aromatic heterocycles. The van der Waals surface area contributed by atoms with Gasteiger partial charge in [-0.05, 0) is 17.9 Å². The summed E-state index contributed by atoms with van der Waals surface area (Å²) in [7, 11) is 0. The van der Waals surface area contributed by atoms with Gasteiger partial charge in [-0.1, -0.05) is 128 Å². The maximum absolute atomic E-state index is 4.47. The van der Waals surface area contributed by atoms with E-state index in [4.69, 9.17) is 0 Å². The summed E-state index contributed by atoms with van der Waals surface area (Å²) in [6, 6.07) is 10.7. The van der Waals surface area contributed by atoms with E-state index in [-0.39, 0.29) is 0 Å². The second-order valence-corrected chi connectivity index (χ2v) is 9.60. The molecule has 0 amide bonds. The third-order valence-electron chi connectivity index (χ3n) is 6.21. The predicted molar refractivity (Wildman–Crippen MR) is 136 cm³/mol. The van der Waals surface area contributed by atoms with Crippen LogP contribution in [0, 0.1) is 5.92 Å². The zero-order valence-electron chi connectivity index (χ0n) is 20.3. The van der Waals surface area contributed by atoms with Crippen molar-refractivity contribution in [3.8, 4) is 0 Å². The van der Waals surface area contributed by atoms with Gasteiger partial charge in [0.1, 0.15) is 0 Å². The maximum atomic E-state index is 4.47. The zero-order chi connectivity index (χ0) is 22.0. The van der Waals surface area contributed by atoms with Crippen LogP contribution in [0.1, 0.15) is 109 Å². The van der Waals surface area contributed by atoms with Crippen LogP contribution in [0.5, 0.6) is 0 Å². The van der Waals surface area contributed by atoms with Crippen molar-refractivity contribution < 1.29 is 0 Å². The highest BCUT2D eigenvalue weighted by Gasteiger charge is 2.09. The van der Waals surface area contributed by atoms with Gasteiger partial charge in [0.15, 0.2) is 0 Å². The molecule has 0 aliphatic rings. The number of hydrogen-bond donors (Lipinski definition) is 1. The number of anilines is 1. The smallest absolute Gasteiger partial charge is 0.203 e. The first-order valence-electron chi connectivity index (χ1n) is 13.0. The number of unbranched alkanes of at least 4 members (excludes halogenated alkanes) is 12. The minimum absolute atomic E-state index is 0.879. The van der Waals surface area contributed by atoms with Crippen LogP contribution >= 0.6 is 0 Å². The molecular formula is C28H47N3. The topological polar surface area (TPSA) is 31.9 Å². The highest BCUT2D eigenvalue weighted by Crippen LogP contribution is 2.16. The van der Waals surface area contributed by atoms with E-state index in [0.29, 0.717) is 0 Å². The molecule has 0 spiro atoms. The van der Waals surface area contributed by atoms with E-state index in [2.05, 4.69) is 59.0 Å². The summed E-state index contributed by atoms with van der Waals surface area (Å²) in [5, 5.41) is 0. The number of rotatable bonds is 19. The minimum Gasteiger partial charge on any atom is -0.338 e. The summed E-state index contributed by atoms with van der Waals surface area (Å²) in [5.41, 5.74) is 1.34. The van der Waals surface area contributed by atoms with E-state index in [1.165, 1.54) is 95.5 Å². The molecule has 0 saturated heterocycles. The molecule has 0 radical (unpaired) electrons. The fourth-order valence-electron chi connectivity index (χ4n) is 4.29. The zero-order valence-corrected chi connectivity index (χ0v) is 20.3. The molecule has 3 nitrogen and oxygen atoms in total. The molecule has 1 N–H and O–H groups in total. The van der Waals surface area contributed by atoms with E-state index >= 15 is 0 Å². The van der Waals surface area contributed by atoms with E-state index in [1.807, 2.05) is 12.4 Å². The average molecular weight is 426 g/mol. The quantitative estimate of drug-likeness (QED) is 0.229. The van der Waals surface area contributed by atoms with Gasteiger partial charge in [0.25, 0.3) is 0 Å². The molecule has 3 heteroatoms. The Hall–Kier alpha value is -1.77. The Bertz CT molecular complexity index is 621. The van der Waals surface area contributed by atoms with E-state index in [0.717, 1.165) is 25.0 Å². The second-order valence-electron chi connectivity index (χ2n) is 9.60. The van der Waals surface area contributed by atoms with Crippen LogP contribution in [0.2, 0.25) is 0 Å². The summed E-state index contributed by atoms with van der Waals surface area (Å²) in [4.78, 5) is 10.1. The van der Waals surface area contributed by atoms with Crippen molar-refractivity contribution in [2.45, 2.75) is 110 Å². The minimum atomic E-state index is 0.879. The fraction of sp³-hybridized carbons (Fsp3) is 0.679. The van der Waals surface area contributed by atoms with Gasteiger partial charge in [0.05, 0.1) is 0 Å². The second kappa shape index (κ2) is 16.9. The molecule has 0 unspecified atom stereocenters. The number of aromatic nitrogens is 2. The third-order valence-corrected chi connectivity index (χ3v) is 6.21. The van der Waals surface area contributed by atoms with Crippen molar-refractivity contribution in [2.24, 2.45) is 5.92 Å². The first-order valence-corrected chi connectivity index (χ1v) is 13.0. The third kappa shape index (κ3) is 12.6. The van der Waals surface area contributed by atoms with Crippen molar-refractivity contribution in [3.63, 3.8) is 0 Å². The molecule has 0 aliphatic carbocycles. The van der Waals surface area contributed by atoms with Crippen molar-refractivity contribution >= 4 is 5.95 Å². The number of aromatic amines is 1. The van der Waals surface area contributed by atoms with Gasteiger partial charge in [0, 0.05) is 25.5 Å². The van der Waals surface area contributed by atoms with Crippen LogP contribution < -0.4 is 4.90 Å². The van der Waals surface area contributed by atoms with Crippen molar-refractivity contribution in [1.82, 2.24) is 9.97 Å². The van der Waals surface area contributed by atoms with Gasteiger partial charge in [-0.15, -0.1) is 0 Å². The number of nitrogens with zero attached hydrogens (tertiary/aromatic N) is 2. The van der Waals surface area contributed by atoms with Crippen molar-refractivity contribution in [1.29, 1.82) is 0 Å². The van der Waals surface area contributed by atoms with Gasteiger partial charge in [-0.3, -0.25) is 0 Å². The summed E-state index contributed by atoms with van der Waals surface area (Å²) < 4.78 is 0. The molecule has 174 valence electrons. The Morgan fingerprint density at radius 2 is 1.29 bits per heavy atom. The number of hydrogen-bond acceptors (Lipinski definition) is 2. The van der Waals surface area contributed by atoms with Crippen molar-refractivity contribution in [2.75, 3.05) is 11.4 Å². The van der Waals surface area contributed by atoms with Crippen LogP contribution in [0.4, 0.5) is 5.95 Å². The molecule has 1 heterocycles. The number of imidazole rings is 1. The van der Waals surface area contributed by atoms with Gasteiger partial charge < -0.3 is 9.88 Å². The molecule has 0 atom stereocenters. The Labute approximate surface area is 192 Å².